The molecule has 1 fully saturated rings. The van der Waals surface area contributed by atoms with Crippen molar-refractivity contribution in [3.05, 3.63) is 11.7 Å². The second kappa shape index (κ2) is 4.28. The molecule has 1 aliphatic rings. The summed E-state index contributed by atoms with van der Waals surface area (Å²) in [5.41, 5.74) is 5.79. The first-order valence-electron chi connectivity index (χ1n) is 5.44. The molecule has 0 bridgehead atoms. The molecule has 5 heteroatoms. The molecule has 84 valence electrons. The van der Waals surface area contributed by atoms with E-state index >= 15 is 0 Å². The van der Waals surface area contributed by atoms with E-state index in [1.807, 2.05) is 6.92 Å². The summed E-state index contributed by atoms with van der Waals surface area (Å²) < 4.78 is 10.4. The molecule has 15 heavy (non-hydrogen) atoms. The molecular weight excluding hydrogens is 194 g/mol. The van der Waals surface area contributed by atoms with E-state index < -0.39 is 5.54 Å². The smallest absolute Gasteiger partial charge is 0.246 e. The van der Waals surface area contributed by atoms with Crippen molar-refractivity contribution in [1.82, 2.24) is 10.1 Å². The lowest BCUT2D eigenvalue weighted by molar-refractivity contribution is 0.126. The van der Waals surface area contributed by atoms with Gasteiger partial charge in [0.05, 0.1) is 5.54 Å². The second-order valence-corrected chi connectivity index (χ2v) is 4.02. The largest absolute Gasteiger partial charge is 0.374 e. The summed E-state index contributed by atoms with van der Waals surface area (Å²) in [5.74, 6) is 1.15. The highest BCUT2D eigenvalue weighted by Crippen LogP contribution is 2.35. The number of hydrogen-bond donors (Lipinski definition) is 1. The SMILES string of the molecule is CCOCc1noc(C2(N)CCCC2)n1. The van der Waals surface area contributed by atoms with Crippen LogP contribution in [-0.4, -0.2) is 16.7 Å². The molecule has 1 aliphatic carbocycles. The van der Waals surface area contributed by atoms with Crippen LogP contribution in [0.5, 0.6) is 0 Å². The predicted molar refractivity (Wildman–Crippen MR) is 54.0 cm³/mol. The van der Waals surface area contributed by atoms with Gasteiger partial charge in [-0.1, -0.05) is 18.0 Å². The highest BCUT2D eigenvalue weighted by Gasteiger charge is 2.36. The second-order valence-electron chi connectivity index (χ2n) is 4.02. The van der Waals surface area contributed by atoms with E-state index in [0.717, 1.165) is 25.7 Å². The topological polar surface area (TPSA) is 74.2 Å². The highest BCUT2D eigenvalue weighted by atomic mass is 16.5. The molecule has 1 aromatic rings. The summed E-state index contributed by atoms with van der Waals surface area (Å²) >= 11 is 0. The minimum absolute atomic E-state index is 0.391. The van der Waals surface area contributed by atoms with Gasteiger partial charge in [-0.2, -0.15) is 4.98 Å². The molecule has 5 nitrogen and oxygen atoms in total. The number of nitrogens with zero attached hydrogens (tertiary/aromatic N) is 2. The minimum atomic E-state index is -0.391. The Morgan fingerprint density at radius 1 is 1.47 bits per heavy atom. The fraction of sp³-hybridized carbons (Fsp3) is 0.800. The van der Waals surface area contributed by atoms with E-state index in [-0.39, 0.29) is 0 Å². The predicted octanol–water partition coefficient (Wildman–Crippen LogP) is 1.33. The Hall–Kier alpha value is -0.940. The molecule has 1 aromatic heterocycles. The Morgan fingerprint density at radius 2 is 2.20 bits per heavy atom. The molecule has 2 N–H and O–H groups in total. The Morgan fingerprint density at radius 3 is 2.87 bits per heavy atom. The monoisotopic (exact) mass is 211 g/mol. The van der Waals surface area contributed by atoms with Crippen molar-refractivity contribution < 1.29 is 9.26 Å². The van der Waals surface area contributed by atoms with Crippen molar-refractivity contribution in [2.45, 2.75) is 44.8 Å². The maximum Gasteiger partial charge on any atom is 0.246 e. The van der Waals surface area contributed by atoms with Crippen LogP contribution in [0.2, 0.25) is 0 Å². The van der Waals surface area contributed by atoms with Crippen molar-refractivity contribution in [2.24, 2.45) is 5.73 Å². The first-order valence-corrected chi connectivity index (χ1v) is 5.44. The van der Waals surface area contributed by atoms with E-state index in [2.05, 4.69) is 10.1 Å². The van der Waals surface area contributed by atoms with Crippen LogP contribution in [0.4, 0.5) is 0 Å². The lowest BCUT2D eigenvalue weighted by Gasteiger charge is -2.17. The van der Waals surface area contributed by atoms with Crippen molar-refractivity contribution in [3.63, 3.8) is 0 Å². The number of nitrogens with two attached hydrogens (primary N) is 1. The third kappa shape index (κ3) is 2.18. The molecule has 0 radical (unpaired) electrons. The summed E-state index contributed by atoms with van der Waals surface area (Å²) in [6, 6.07) is 0. The Balaban J connectivity index is 2.05. The van der Waals surface area contributed by atoms with Crippen LogP contribution < -0.4 is 5.73 Å². The molecule has 1 saturated carbocycles. The van der Waals surface area contributed by atoms with E-state index in [9.17, 15) is 0 Å². The van der Waals surface area contributed by atoms with Gasteiger partial charge in [-0.15, -0.1) is 0 Å². The maximum absolute atomic E-state index is 6.19. The standard InChI is InChI=1S/C10H17N3O2/c1-2-14-7-8-12-9(15-13-8)10(11)5-3-4-6-10/h2-7,11H2,1H3. The van der Waals surface area contributed by atoms with Crippen molar-refractivity contribution in [2.75, 3.05) is 6.61 Å². The quantitative estimate of drug-likeness (QED) is 0.813. The number of ether oxygens (including phenoxy) is 1. The zero-order chi connectivity index (χ0) is 10.7. The van der Waals surface area contributed by atoms with E-state index in [0.29, 0.717) is 24.9 Å². The van der Waals surface area contributed by atoms with E-state index in [1.54, 1.807) is 0 Å². The maximum atomic E-state index is 6.19. The number of aromatic nitrogens is 2. The van der Waals surface area contributed by atoms with Gasteiger partial charge >= 0.3 is 0 Å². The number of hydrogen-bond acceptors (Lipinski definition) is 5. The molecule has 0 aromatic carbocycles. The van der Waals surface area contributed by atoms with Gasteiger partial charge in [-0.3, -0.25) is 0 Å². The summed E-state index contributed by atoms with van der Waals surface area (Å²) in [5, 5.41) is 3.85. The normalized spacial score (nSPS) is 19.6. The molecule has 0 amide bonds. The first-order chi connectivity index (χ1) is 7.24. The van der Waals surface area contributed by atoms with Crippen molar-refractivity contribution in [3.8, 4) is 0 Å². The zero-order valence-corrected chi connectivity index (χ0v) is 9.03. The van der Waals surface area contributed by atoms with Gasteiger partial charge in [0.25, 0.3) is 0 Å². The molecule has 0 unspecified atom stereocenters. The number of rotatable bonds is 4. The highest BCUT2D eigenvalue weighted by molar-refractivity contribution is 5.04. The fourth-order valence-corrected chi connectivity index (χ4v) is 1.93. The van der Waals surface area contributed by atoms with Crippen LogP contribution in [-0.2, 0) is 16.9 Å². The summed E-state index contributed by atoms with van der Waals surface area (Å²) in [7, 11) is 0. The lowest BCUT2D eigenvalue weighted by Crippen LogP contribution is -2.33. The zero-order valence-electron chi connectivity index (χ0n) is 9.03. The van der Waals surface area contributed by atoms with Gasteiger partial charge in [0.2, 0.25) is 5.89 Å². The third-order valence-corrected chi connectivity index (χ3v) is 2.83. The van der Waals surface area contributed by atoms with Gasteiger partial charge in [0.1, 0.15) is 6.61 Å². The molecule has 2 rings (SSSR count). The molecule has 0 aliphatic heterocycles. The van der Waals surface area contributed by atoms with Crippen LogP contribution in [0.15, 0.2) is 4.52 Å². The van der Waals surface area contributed by atoms with Gasteiger partial charge in [0.15, 0.2) is 5.82 Å². The Labute approximate surface area is 89.0 Å². The van der Waals surface area contributed by atoms with Crippen molar-refractivity contribution >= 4 is 0 Å². The Bertz CT molecular complexity index is 318. The van der Waals surface area contributed by atoms with E-state index in [4.69, 9.17) is 15.0 Å². The van der Waals surface area contributed by atoms with Crippen LogP contribution in [0.25, 0.3) is 0 Å². The molecular formula is C10H17N3O2. The summed E-state index contributed by atoms with van der Waals surface area (Å²) in [4.78, 5) is 4.27. The molecule has 1 heterocycles. The average molecular weight is 211 g/mol. The van der Waals surface area contributed by atoms with Crippen LogP contribution in [0.1, 0.15) is 44.3 Å². The average Bonchev–Trinajstić information content (AvgIpc) is 2.84. The van der Waals surface area contributed by atoms with Crippen molar-refractivity contribution in [1.29, 1.82) is 0 Å². The Kier molecular flexibility index (Phi) is 3.02. The molecule has 0 spiro atoms. The summed E-state index contributed by atoms with van der Waals surface area (Å²) in [6.45, 7) is 2.98. The lowest BCUT2D eigenvalue weighted by atomic mass is 9.99. The minimum Gasteiger partial charge on any atom is -0.374 e. The fourth-order valence-electron chi connectivity index (χ4n) is 1.93. The molecule has 0 saturated heterocycles. The van der Waals surface area contributed by atoms with Crippen LogP contribution in [0, 0.1) is 0 Å². The third-order valence-electron chi connectivity index (χ3n) is 2.83. The van der Waals surface area contributed by atoms with Gasteiger partial charge in [-0.05, 0) is 19.8 Å². The summed E-state index contributed by atoms with van der Waals surface area (Å²) in [6.07, 6.45) is 4.14. The van der Waals surface area contributed by atoms with Gasteiger partial charge in [-0.25, -0.2) is 0 Å². The van der Waals surface area contributed by atoms with Crippen LogP contribution >= 0.6 is 0 Å². The van der Waals surface area contributed by atoms with Gasteiger partial charge < -0.3 is 15.0 Å². The van der Waals surface area contributed by atoms with Crippen LogP contribution in [0.3, 0.4) is 0 Å². The van der Waals surface area contributed by atoms with E-state index in [1.165, 1.54) is 0 Å². The van der Waals surface area contributed by atoms with Gasteiger partial charge in [0, 0.05) is 6.61 Å². The molecule has 0 atom stereocenters. The first kappa shape index (κ1) is 10.6.